The van der Waals surface area contributed by atoms with Gasteiger partial charge in [-0.25, -0.2) is 5.10 Å². The Bertz CT molecular complexity index is 1050. The summed E-state index contributed by atoms with van der Waals surface area (Å²) in [6, 6.07) is 9.41. The third-order valence-corrected chi connectivity index (χ3v) is 4.99. The Kier molecular flexibility index (Phi) is 4.57. The number of hydrogen-bond acceptors (Lipinski definition) is 6. The van der Waals surface area contributed by atoms with Crippen molar-refractivity contribution in [3.63, 3.8) is 0 Å². The van der Waals surface area contributed by atoms with Crippen LogP contribution in [-0.4, -0.2) is 35.3 Å². The zero-order valence-corrected chi connectivity index (χ0v) is 16.1. The van der Waals surface area contributed by atoms with Crippen LogP contribution in [0.15, 0.2) is 39.9 Å². The number of methoxy groups -OCH3 is 2. The summed E-state index contributed by atoms with van der Waals surface area (Å²) >= 11 is 5.32. The van der Waals surface area contributed by atoms with Crippen LogP contribution in [0, 0.1) is 10.7 Å². The van der Waals surface area contributed by atoms with Gasteiger partial charge in [0.2, 0.25) is 4.77 Å². The Morgan fingerprint density at radius 1 is 1.30 bits per heavy atom. The fourth-order valence-electron chi connectivity index (χ4n) is 3.03. The first kappa shape index (κ1) is 17.5. The Balaban J connectivity index is 1.66. The maximum atomic E-state index is 5.87. The number of hydrogen-bond donors (Lipinski definition) is 1. The van der Waals surface area contributed by atoms with Gasteiger partial charge in [0.05, 0.1) is 26.0 Å². The summed E-state index contributed by atoms with van der Waals surface area (Å²) < 4.78 is 18.5. The van der Waals surface area contributed by atoms with Gasteiger partial charge in [0.1, 0.15) is 23.0 Å². The second-order valence-corrected chi connectivity index (χ2v) is 6.92. The molecule has 1 N–H and O–H groups in total. The van der Waals surface area contributed by atoms with Gasteiger partial charge in [-0.2, -0.15) is 14.9 Å². The van der Waals surface area contributed by atoms with Gasteiger partial charge in [0.15, 0.2) is 5.82 Å². The summed E-state index contributed by atoms with van der Waals surface area (Å²) in [5.74, 6) is 4.76. The van der Waals surface area contributed by atoms with Crippen molar-refractivity contribution in [3.05, 3.63) is 46.6 Å². The molecule has 2 aromatic heterocycles. The van der Waals surface area contributed by atoms with E-state index in [1.807, 2.05) is 24.3 Å². The number of H-pyrrole nitrogens is 1. The first-order valence-corrected chi connectivity index (χ1v) is 9.05. The van der Waals surface area contributed by atoms with Gasteiger partial charge in [0, 0.05) is 12.0 Å². The highest BCUT2D eigenvalue weighted by molar-refractivity contribution is 7.71. The van der Waals surface area contributed by atoms with Gasteiger partial charge in [-0.1, -0.05) is 6.92 Å². The molecule has 1 aromatic carbocycles. The van der Waals surface area contributed by atoms with Gasteiger partial charge < -0.3 is 13.9 Å². The molecule has 4 rings (SSSR count). The van der Waals surface area contributed by atoms with Crippen molar-refractivity contribution in [1.29, 1.82) is 0 Å². The highest BCUT2D eigenvalue weighted by Crippen LogP contribution is 2.47. The van der Waals surface area contributed by atoms with Gasteiger partial charge in [-0.05, 0) is 48.8 Å². The SMILES string of the molecule is COc1ccc(-c2n[nH]c(=S)n2/N=C\c2ccc([C@@H]3C[C@H]3C)o2)c(OC)c1. The first-order chi connectivity index (χ1) is 13.1. The topological polar surface area (TPSA) is 77.6 Å². The molecule has 0 spiro atoms. The summed E-state index contributed by atoms with van der Waals surface area (Å²) in [4.78, 5) is 0. The fourth-order valence-corrected chi connectivity index (χ4v) is 3.21. The van der Waals surface area contributed by atoms with Crippen LogP contribution in [0.5, 0.6) is 11.5 Å². The van der Waals surface area contributed by atoms with Crippen LogP contribution in [0.3, 0.4) is 0 Å². The van der Waals surface area contributed by atoms with Crippen LogP contribution >= 0.6 is 12.2 Å². The van der Waals surface area contributed by atoms with Gasteiger partial charge >= 0.3 is 0 Å². The third-order valence-electron chi connectivity index (χ3n) is 4.72. The van der Waals surface area contributed by atoms with Crippen molar-refractivity contribution in [3.8, 4) is 22.9 Å². The van der Waals surface area contributed by atoms with Crippen LogP contribution in [0.4, 0.5) is 0 Å². The molecule has 7 nitrogen and oxygen atoms in total. The molecule has 0 unspecified atom stereocenters. The van der Waals surface area contributed by atoms with Crippen molar-refractivity contribution in [2.75, 3.05) is 14.2 Å². The molecular weight excluding hydrogens is 364 g/mol. The fraction of sp³-hybridized carbons (Fsp3) is 0.316. The molecule has 1 saturated carbocycles. The van der Waals surface area contributed by atoms with Crippen molar-refractivity contribution in [2.24, 2.45) is 11.0 Å². The zero-order valence-electron chi connectivity index (χ0n) is 15.3. The Labute approximate surface area is 161 Å². The maximum absolute atomic E-state index is 5.87. The predicted molar refractivity (Wildman–Crippen MR) is 104 cm³/mol. The van der Waals surface area contributed by atoms with E-state index in [4.69, 9.17) is 26.1 Å². The summed E-state index contributed by atoms with van der Waals surface area (Å²) in [6.07, 6.45) is 2.82. The highest BCUT2D eigenvalue weighted by Gasteiger charge is 2.36. The van der Waals surface area contributed by atoms with Crippen molar-refractivity contribution in [1.82, 2.24) is 14.9 Å². The predicted octanol–water partition coefficient (Wildman–Crippen LogP) is 4.22. The second kappa shape index (κ2) is 7.03. The van der Waals surface area contributed by atoms with E-state index in [0.29, 0.717) is 39.7 Å². The van der Waals surface area contributed by atoms with Crippen molar-refractivity contribution >= 4 is 18.4 Å². The quantitative estimate of drug-likeness (QED) is 0.508. The molecule has 0 saturated heterocycles. The molecule has 0 amide bonds. The van der Waals surface area contributed by atoms with Crippen LogP contribution in [0.1, 0.15) is 30.8 Å². The van der Waals surface area contributed by atoms with E-state index in [0.717, 1.165) is 11.3 Å². The Morgan fingerprint density at radius 2 is 2.11 bits per heavy atom. The summed E-state index contributed by atoms with van der Waals surface area (Å²) in [6.45, 7) is 2.22. The number of rotatable bonds is 6. The average molecular weight is 384 g/mol. The number of benzene rings is 1. The summed E-state index contributed by atoms with van der Waals surface area (Å²) in [7, 11) is 3.20. The van der Waals surface area contributed by atoms with E-state index in [1.165, 1.54) is 6.42 Å². The van der Waals surface area contributed by atoms with Crippen molar-refractivity contribution in [2.45, 2.75) is 19.3 Å². The number of nitrogens with one attached hydrogen (secondary N) is 1. The molecule has 0 aliphatic heterocycles. The Hall–Kier alpha value is -2.87. The van der Waals surface area contributed by atoms with E-state index >= 15 is 0 Å². The number of nitrogens with zero attached hydrogens (tertiary/aromatic N) is 3. The Morgan fingerprint density at radius 3 is 2.81 bits per heavy atom. The molecule has 1 aliphatic rings. The first-order valence-electron chi connectivity index (χ1n) is 8.64. The number of aromatic nitrogens is 3. The molecule has 1 aliphatic carbocycles. The van der Waals surface area contributed by atoms with E-state index < -0.39 is 0 Å². The second-order valence-electron chi connectivity index (χ2n) is 6.53. The standard InChI is InChI=1S/C19H20N4O3S/c1-11-8-15(11)16-7-5-13(26-16)10-20-23-18(21-22-19(23)27)14-6-4-12(24-2)9-17(14)25-3/h4-7,9-11,15H,8H2,1-3H3,(H,22,27)/b20-10-/t11-,15-/m1/s1. The van der Waals surface area contributed by atoms with E-state index in [1.54, 1.807) is 31.2 Å². The third kappa shape index (κ3) is 3.40. The van der Waals surface area contributed by atoms with E-state index in [9.17, 15) is 0 Å². The molecule has 27 heavy (non-hydrogen) atoms. The lowest BCUT2D eigenvalue weighted by atomic mass is 10.2. The lowest BCUT2D eigenvalue weighted by Gasteiger charge is -2.09. The van der Waals surface area contributed by atoms with E-state index in [-0.39, 0.29) is 0 Å². The molecule has 1 fully saturated rings. The van der Waals surface area contributed by atoms with Gasteiger partial charge in [-0.15, -0.1) is 0 Å². The van der Waals surface area contributed by atoms with Gasteiger partial charge in [-0.3, -0.25) is 0 Å². The normalized spacial score (nSPS) is 18.8. The monoisotopic (exact) mass is 384 g/mol. The minimum Gasteiger partial charge on any atom is -0.497 e. The molecule has 2 heterocycles. The van der Waals surface area contributed by atoms with Crippen molar-refractivity contribution < 1.29 is 13.9 Å². The highest BCUT2D eigenvalue weighted by atomic mass is 32.1. The largest absolute Gasteiger partial charge is 0.497 e. The lowest BCUT2D eigenvalue weighted by Crippen LogP contribution is -1.97. The molecule has 0 bridgehead atoms. The molecule has 2 atom stereocenters. The number of furan rings is 1. The molecule has 8 heteroatoms. The lowest BCUT2D eigenvalue weighted by molar-refractivity contribution is 0.395. The number of aromatic amines is 1. The summed E-state index contributed by atoms with van der Waals surface area (Å²) in [5, 5.41) is 11.5. The molecular formula is C19H20N4O3S. The minimum absolute atomic E-state index is 0.377. The van der Waals surface area contributed by atoms with Crippen LogP contribution in [0.2, 0.25) is 0 Å². The van der Waals surface area contributed by atoms with Crippen LogP contribution in [0.25, 0.3) is 11.4 Å². The maximum Gasteiger partial charge on any atom is 0.216 e. The van der Waals surface area contributed by atoms with Gasteiger partial charge in [0.25, 0.3) is 0 Å². The molecule has 140 valence electrons. The minimum atomic E-state index is 0.377. The zero-order chi connectivity index (χ0) is 19.0. The van der Waals surface area contributed by atoms with E-state index in [2.05, 4.69) is 22.2 Å². The van der Waals surface area contributed by atoms with Crippen LogP contribution in [-0.2, 0) is 0 Å². The molecule has 0 radical (unpaired) electrons. The molecule has 3 aromatic rings. The average Bonchev–Trinajstić information content (AvgIpc) is 3.07. The smallest absolute Gasteiger partial charge is 0.216 e. The summed E-state index contributed by atoms with van der Waals surface area (Å²) in [5.41, 5.74) is 0.745. The number of ether oxygens (including phenoxy) is 2. The van der Waals surface area contributed by atoms with Crippen LogP contribution < -0.4 is 9.47 Å².